The number of hydrogen-bond acceptors (Lipinski definition) is 0. The molecule has 1 aliphatic rings. The Morgan fingerprint density at radius 1 is 1.56 bits per heavy atom. The summed E-state index contributed by atoms with van der Waals surface area (Å²) in [6.45, 7) is 9.21. The molecule has 0 aromatic rings. The summed E-state index contributed by atoms with van der Waals surface area (Å²) in [5.74, 6) is 2.56. The summed E-state index contributed by atoms with van der Waals surface area (Å²) in [7, 11) is 0. The van der Waals surface area contributed by atoms with E-state index in [9.17, 15) is 0 Å². The van der Waals surface area contributed by atoms with E-state index in [0.29, 0.717) is 5.41 Å². The highest BCUT2D eigenvalue weighted by Gasteiger charge is 2.49. The smallest absolute Gasteiger partial charge is 0.0618 e. The molecule has 1 rings (SSSR count). The van der Waals surface area contributed by atoms with E-state index in [1.165, 1.54) is 12.8 Å². The molecular weight excluding hydrogens is 108 g/mol. The number of hydrogen-bond donors (Lipinski definition) is 0. The highest BCUT2D eigenvalue weighted by molar-refractivity contribution is 5.01. The lowest BCUT2D eigenvalue weighted by Gasteiger charge is -2.03. The van der Waals surface area contributed by atoms with Gasteiger partial charge in [0, 0.05) is 5.41 Å². The second kappa shape index (κ2) is 1.93. The van der Waals surface area contributed by atoms with E-state index in [2.05, 4.69) is 27.7 Å². The van der Waals surface area contributed by atoms with Crippen molar-refractivity contribution >= 4 is 0 Å². The van der Waals surface area contributed by atoms with Crippen LogP contribution in [0.3, 0.4) is 0 Å². The average Bonchev–Trinajstić information content (AvgIpc) is 2.10. The summed E-state index contributed by atoms with van der Waals surface area (Å²) in [4.78, 5) is 0. The van der Waals surface area contributed by atoms with Gasteiger partial charge in [-0.1, -0.05) is 13.8 Å². The summed E-state index contributed by atoms with van der Waals surface area (Å²) in [5, 5.41) is 0. The SMILES string of the molecule is C[C+](C)CC1(C)CC1C. The van der Waals surface area contributed by atoms with E-state index in [-0.39, 0.29) is 0 Å². The Hall–Kier alpha value is -0.130. The van der Waals surface area contributed by atoms with Crippen LogP contribution in [0.15, 0.2) is 0 Å². The first-order valence-corrected chi connectivity index (χ1v) is 3.83. The van der Waals surface area contributed by atoms with Gasteiger partial charge in [-0.15, -0.1) is 0 Å². The highest BCUT2D eigenvalue weighted by atomic mass is 14.5. The van der Waals surface area contributed by atoms with Gasteiger partial charge < -0.3 is 0 Å². The molecule has 1 aliphatic carbocycles. The van der Waals surface area contributed by atoms with Gasteiger partial charge in [-0.25, -0.2) is 0 Å². The third-order valence-electron chi connectivity index (χ3n) is 2.56. The van der Waals surface area contributed by atoms with Gasteiger partial charge >= 0.3 is 0 Å². The third-order valence-corrected chi connectivity index (χ3v) is 2.56. The van der Waals surface area contributed by atoms with Crippen LogP contribution in [0.4, 0.5) is 0 Å². The maximum atomic E-state index is 2.39. The van der Waals surface area contributed by atoms with Crippen molar-refractivity contribution < 1.29 is 0 Å². The van der Waals surface area contributed by atoms with Crippen LogP contribution in [-0.2, 0) is 0 Å². The highest BCUT2D eigenvalue weighted by Crippen LogP contribution is 2.55. The predicted octanol–water partition coefficient (Wildman–Crippen LogP) is 3.04. The Morgan fingerprint density at radius 3 is 2.11 bits per heavy atom. The van der Waals surface area contributed by atoms with Gasteiger partial charge in [0.25, 0.3) is 0 Å². The molecule has 1 saturated carbocycles. The molecule has 0 nitrogen and oxygen atoms in total. The van der Waals surface area contributed by atoms with Crippen LogP contribution in [0.1, 0.15) is 40.5 Å². The van der Waals surface area contributed by atoms with Crippen molar-refractivity contribution in [2.75, 3.05) is 0 Å². The molecule has 0 N–H and O–H groups in total. The molecule has 0 bridgehead atoms. The van der Waals surface area contributed by atoms with Crippen molar-refractivity contribution in [2.45, 2.75) is 40.5 Å². The zero-order valence-electron chi connectivity index (χ0n) is 6.99. The zero-order valence-corrected chi connectivity index (χ0v) is 6.99. The Balaban J connectivity index is 2.29. The molecule has 0 aromatic carbocycles. The van der Waals surface area contributed by atoms with E-state index in [4.69, 9.17) is 0 Å². The van der Waals surface area contributed by atoms with Crippen LogP contribution in [0.25, 0.3) is 0 Å². The van der Waals surface area contributed by atoms with Gasteiger partial charge in [0.05, 0.1) is 26.2 Å². The van der Waals surface area contributed by atoms with Crippen molar-refractivity contribution in [1.82, 2.24) is 0 Å². The van der Waals surface area contributed by atoms with Gasteiger partial charge in [-0.3, -0.25) is 0 Å². The Kier molecular flexibility index (Phi) is 1.50. The van der Waals surface area contributed by atoms with E-state index in [0.717, 1.165) is 5.92 Å². The lowest BCUT2D eigenvalue weighted by atomic mass is 9.94. The van der Waals surface area contributed by atoms with Gasteiger partial charge in [0.2, 0.25) is 0 Å². The molecule has 0 aliphatic heterocycles. The summed E-state index contributed by atoms with van der Waals surface area (Å²) < 4.78 is 0. The first-order chi connectivity index (χ1) is 4.04. The molecule has 2 unspecified atom stereocenters. The normalized spacial score (nSPS) is 40.7. The van der Waals surface area contributed by atoms with Crippen molar-refractivity contribution in [1.29, 1.82) is 0 Å². The minimum Gasteiger partial charge on any atom is -0.0618 e. The van der Waals surface area contributed by atoms with Crippen LogP contribution < -0.4 is 0 Å². The molecular formula is C9H17+. The van der Waals surface area contributed by atoms with Crippen molar-refractivity contribution in [3.63, 3.8) is 0 Å². The van der Waals surface area contributed by atoms with E-state index in [1.807, 2.05) is 0 Å². The first kappa shape index (κ1) is 6.98. The fourth-order valence-electron chi connectivity index (χ4n) is 1.69. The van der Waals surface area contributed by atoms with Gasteiger partial charge in [0.15, 0.2) is 0 Å². The number of rotatable bonds is 2. The molecule has 52 valence electrons. The summed E-state index contributed by atoms with van der Waals surface area (Å²) in [6, 6.07) is 0. The third kappa shape index (κ3) is 1.41. The quantitative estimate of drug-likeness (QED) is 0.498. The molecule has 0 heterocycles. The minimum absolute atomic E-state index is 0.693. The second-order valence-corrected chi connectivity index (χ2v) is 4.14. The Morgan fingerprint density at radius 2 is 2.00 bits per heavy atom. The van der Waals surface area contributed by atoms with E-state index < -0.39 is 0 Å². The largest absolute Gasteiger partial charge is 0.0950 e. The fourth-order valence-corrected chi connectivity index (χ4v) is 1.69. The van der Waals surface area contributed by atoms with Gasteiger partial charge in [-0.05, 0) is 12.3 Å². The van der Waals surface area contributed by atoms with E-state index in [1.54, 1.807) is 5.92 Å². The second-order valence-electron chi connectivity index (χ2n) is 4.14. The summed E-state index contributed by atoms with van der Waals surface area (Å²) >= 11 is 0. The van der Waals surface area contributed by atoms with Crippen LogP contribution >= 0.6 is 0 Å². The molecule has 0 aromatic heterocycles. The maximum absolute atomic E-state index is 2.39. The van der Waals surface area contributed by atoms with Crippen molar-refractivity contribution in [3.8, 4) is 0 Å². The Bertz CT molecular complexity index is 105. The average molecular weight is 125 g/mol. The molecule has 0 heteroatoms. The molecule has 0 spiro atoms. The zero-order chi connectivity index (χ0) is 7.07. The van der Waals surface area contributed by atoms with Crippen molar-refractivity contribution in [3.05, 3.63) is 5.92 Å². The van der Waals surface area contributed by atoms with E-state index >= 15 is 0 Å². The fraction of sp³-hybridized carbons (Fsp3) is 0.889. The summed E-state index contributed by atoms with van der Waals surface area (Å²) in [6.07, 6.45) is 2.78. The maximum Gasteiger partial charge on any atom is 0.0950 e. The van der Waals surface area contributed by atoms with Gasteiger partial charge in [0.1, 0.15) is 0 Å². The molecule has 9 heavy (non-hydrogen) atoms. The first-order valence-electron chi connectivity index (χ1n) is 3.83. The molecule has 0 amide bonds. The topological polar surface area (TPSA) is 0 Å². The minimum atomic E-state index is 0.693. The van der Waals surface area contributed by atoms with Crippen molar-refractivity contribution in [2.24, 2.45) is 11.3 Å². The summed E-state index contributed by atoms with van der Waals surface area (Å²) in [5.41, 5.74) is 0.693. The standard InChI is InChI=1S/C9H17/c1-7(2)5-9(4)6-8(9)3/h8H,5-6H2,1-4H3/q+1. The molecule has 0 saturated heterocycles. The monoisotopic (exact) mass is 125 g/mol. The van der Waals surface area contributed by atoms with Crippen LogP contribution in [0.5, 0.6) is 0 Å². The molecule has 1 fully saturated rings. The lowest BCUT2D eigenvalue weighted by Crippen LogP contribution is -1.99. The van der Waals surface area contributed by atoms with Crippen LogP contribution in [-0.4, -0.2) is 0 Å². The van der Waals surface area contributed by atoms with Crippen LogP contribution in [0, 0.1) is 17.3 Å². The Labute approximate surface area is 58.7 Å². The lowest BCUT2D eigenvalue weighted by molar-refractivity contribution is 0.487. The molecule has 2 atom stereocenters. The van der Waals surface area contributed by atoms with Gasteiger partial charge in [-0.2, -0.15) is 0 Å². The van der Waals surface area contributed by atoms with Crippen LogP contribution in [0.2, 0.25) is 0 Å². The predicted molar refractivity (Wildman–Crippen MR) is 41.1 cm³/mol. The molecule has 0 radical (unpaired) electrons.